The number of nitrogens with zero attached hydrogens (tertiary/aromatic N) is 3. The maximum Gasteiger partial charge on any atom is 0.242 e. The van der Waals surface area contributed by atoms with Gasteiger partial charge in [-0.25, -0.2) is 9.37 Å². The SMILES string of the molecule is O=C(Cn1c(CCl)nc2cc(F)ccc21)N1CCCC1. The third kappa shape index (κ3) is 2.38. The fourth-order valence-corrected chi connectivity index (χ4v) is 2.84. The molecule has 1 aliphatic rings. The van der Waals surface area contributed by atoms with Crippen molar-refractivity contribution in [3.63, 3.8) is 0 Å². The Kier molecular flexibility index (Phi) is 3.61. The normalized spacial score (nSPS) is 15.2. The molecule has 106 valence electrons. The van der Waals surface area contributed by atoms with Gasteiger partial charge in [-0.3, -0.25) is 4.79 Å². The predicted octanol–water partition coefficient (Wildman–Crippen LogP) is 2.54. The Labute approximate surface area is 121 Å². The predicted molar refractivity (Wildman–Crippen MR) is 75.1 cm³/mol. The van der Waals surface area contributed by atoms with Gasteiger partial charge in [0.05, 0.1) is 16.9 Å². The molecule has 4 nitrogen and oxygen atoms in total. The first-order valence-corrected chi connectivity index (χ1v) is 7.21. The average molecular weight is 296 g/mol. The minimum absolute atomic E-state index is 0.0671. The lowest BCUT2D eigenvalue weighted by Gasteiger charge is -2.16. The van der Waals surface area contributed by atoms with Gasteiger partial charge in [-0.2, -0.15) is 0 Å². The quantitative estimate of drug-likeness (QED) is 0.816. The Hall–Kier alpha value is -1.62. The van der Waals surface area contributed by atoms with Gasteiger partial charge >= 0.3 is 0 Å². The standard InChI is InChI=1S/C14H15ClFN3O/c15-8-13-17-11-7-10(16)3-4-12(11)19(13)9-14(20)18-5-1-2-6-18/h3-4,7H,1-2,5-6,8-9H2. The zero-order chi connectivity index (χ0) is 14.1. The lowest BCUT2D eigenvalue weighted by atomic mass is 10.3. The van der Waals surface area contributed by atoms with Crippen molar-refractivity contribution in [1.82, 2.24) is 14.5 Å². The van der Waals surface area contributed by atoms with Gasteiger partial charge in [0.15, 0.2) is 0 Å². The van der Waals surface area contributed by atoms with Crippen LogP contribution in [0.5, 0.6) is 0 Å². The van der Waals surface area contributed by atoms with Crippen LogP contribution in [0.15, 0.2) is 18.2 Å². The molecule has 0 atom stereocenters. The van der Waals surface area contributed by atoms with Gasteiger partial charge in [0, 0.05) is 19.2 Å². The molecule has 1 saturated heterocycles. The van der Waals surface area contributed by atoms with Crippen molar-refractivity contribution >= 4 is 28.5 Å². The second-order valence-electron chi connectivity index (χ2n) is 4.97. The van der Waals surface area contributed by atoms with E-state index in [0.717, 1.165) is 31.4 Å². The van der Waals surface area contributed by atoms with Crippen LogP contribution in [0.4, 0.5) is 4.39 Å². The van der Waals surface area contributed by atoms with E-state index in [9.17, 15) is 9.18 Å². The van der Waals surface area contributed by atoms with Gasteiger partial charge in [-0.15, -0.1) is 11.6 Å². The number of halogens is 2. The molecule has 20 heavy (non-hydrogen) atoms. The molecule has 1 amide bonds. The van der Waals surface area contributed by atoms with E-state index >= 15 is 0 Å². The van der Waals surface area contributed by atoms with Crippen LogP contribution in [-0.2, 0) is 17.2 Å². The Bertz CT molecular complexity index is 649. The number of likely N-dealkylation sites (tertiary alicyclic amines) is 1. The van der Waals surface area contributed by atoms with Crippen molar-refractivity contribution in [2.24, 2.45) is 0 Å². The molecule has 0 spiro atoms. The summed E-state index contributed by atoms with van der Waals surface area (Å²) in [6.07, 6.45) is 2.12. The monoisotopic (exact) mass is 295 g/mol. The molecule has 2 aromatic rings. The number of imidazole rings is 1. The smallest absolute Gasteiger partial charge is 0.242 e. The molecule has 3 rings (SSSR count). The first kappa shape index (κ1) is 13.4. The van der Waals surface area contributed by atoms with Crippen LogP contribution in [-0.4, -0.2) is 33.4 Å². The second kappa shape index (κ2) is 5.40. The Morgan fingerprint density at radius 2 is 2.10 bits per heavy atom. The van der Waals surface area contributed by atoms with Crippen LogP contribution in [0, 0.1) is 5.82 Å². The lowest BCUT2D eigenvalue weighted by molar-refractivity contribution is -0.130. The number of aromatic nitrogens is 2. The highest BCUT2D eigenvalue weighted by Crippen LogP contribution is 2.19. The van der Waals surface area contributed by atoms with Crippen molar-refractivity contribution in [2.45, 2.75) is 25.3 Å². The highest BCUT2D eigenvalue weighted by Gasteiger charge is 2.20. The van der Waals surface area contributed by atoms with Gasteiger partial charge in [0.1, 0.15) is 18.2 Å². The number of carbonyl (C=O) groups is 1. The molecule has 1 aromatic carbocycles. The number of benzene rings is 1. The number of hydrogen-bond acceptors (Lipinski definition) is 2. The largest absolute Gasteiger partial charge is 0.341 e. The maximum atomic E-state index is 13.2. The zero-order valence-electron chi connectivity index (χ0n) is 11.0. The molecular formula is C14H15ClFN3O. The van der Waals surface area contributed by atoms with Crippen LogP contribution >= 0.6 is 11.6 Å². The molecule has 0 unspecified atom stereocenters. The Morgan fingerprint density at radius 3 is 2.80 bits per heavy atom. The van der Waals surface area contributed by atoms with Crippen molar-refractivity contribution < 1.29 is 9.18 Å². The lowest BCUT2D eigenvalue weighted by Crippen LogP contribution is -2.31. The number of amides is 1. The summed E-state index contributed by atoms with van der Waals surface area (Å²) in [5.74, 6) is 0.523. The van der Waals surface area contributed by atoms with Crippen molar-refractivity contribution in [2.75, 3.05) is 13.1 Å². The highest BCUT2D eigenvalue weighted by atomic mass is 35.5. The minimum Gasteiger partial charge on any atom is -0.341 e. The van der Waals surface area contributed by atoms with Crippen LogP contribution in [0.25, 0.3) is 11.0 Å². The number of carbonyl (C=O) groups excluding carboxylic acids is 1. The summed E-state index contributed by atoms with van der Waals surface area (Å²) in [6, 6.07) is 4.38. The van der Waals surface area contributed by atoms with Crippen LogP contribution in [0.3, 0.4) is 0 Å². The highest BCUT2D eigenvalue weighted by molar-refractivity contribution is 6.16. The molecule has 0 radical (unpaired) electrons. The number of alkyl halides is 1. The van der Waals surface area contributed by atoms with E-state index in [0.29, 0.717) is 11.3 Å². The van der Waals surface area contributed by atoms with E-state index in [2.05, 4.69) is 4.98 Å². The minimum atomic E-state index is -0.339. The number of hydrogen-bond donors (Lipinski definition) is 0. The van der Waals surface area contributed by atoms with E-state index in [1.807, 2.05) is 4.90 Å². The van der Waals surface area contributed by atoms with E-state index < -0.39 is 0 Å². The summed E-state index contributed by atoms with van der Waals surface area (Å²) in [5, 5.41) is 0. The Balaban J connectivity index is 1.94. The van der Waals surface area contributed by atoms with Gasteiger partial charge in [0.2, 0.25) is 5.91 Å². The maximum absolute atomic E-state index is 13.2. The van der Waals surface area contributed by atoms with Gasteiger partial charge < -0.3 is 9.47 Å². The fourth-order valence-electron chi connectivity index (χ4n) is 2.63. The van der Waals surface area contributed by atoms with Gasteiger partial charge in [-0.05, 0) is 25.0 Å². The van der Waals surface area contributed by atoms with E-state index in [1.54, 1.807) is 10.6 Å². The third-order valence-electron chi connectivity index (χ3n) is 3.66. The molecule has 6 heteroatoms. The van der Waals surface area contributed by atoms with Crippen LogP contribution in [0.1, 0.15) is 18.7 Å². The molecule has 2 heterocycles. The van der Waals surface area contributed by atoms with Gasteiger partial charge in [0.25, 0.3) is 0 Å². The van der Waals surface area contributed by atoms with E-state index in [4.69, 9.17) is 11.6 Å². The second-order valence-corrected chi connectivity index (χ2v) is 5.24. The molecular weight excluding hydrogens is 281 g/mol. The molecule has 0 saturated carbocycles. The topological polar surface area (TPSA) is 38.1 Å². The van der Waals surface area contributed by atoms with Crippen LogP contribution < -0.4 is 0 Å². The Morgan fingerprint density at radius 1 is 1.35 bits per heavy atom. The fraction of sp³-hybridized carbons (Fsp3) is 0.429. The molecule has 1 aliphatic heterocycles. The first-order chi connectivity index (χ1) is 9.69. The first-order valence-electron chi connectivity index (χ1n) is 6.67. The molecule has 1 fully saturated rings. The number of fused-ring (bicyclic) bond motifs is 1. The molecule has 0 N–H and O–H groups in total. The number of rotatable bonds is 3. The summed E-state index contributed by atoms with van der Waals surface area (Å²) < 4.78 is 15.0. The summed E-state index contributed by atoms with van der Waals surface area (Å²) in [6.45, 7) is 1.84. The molecule has 0 bridgehead atoms. The summed E-state index contributed by atoms with van der Waals surface area (Å²) in [5.41, 5.74) is 1.28. The summed E-state index contributed by atoms with van der Waals surface area (Å²) in [7, 11) is 0. The summed E-state index contributed by atoms with van der Waals surface area (Å²) >= 11 is 5.88. The van der Waals surface area contributed by atoms with E-state index in [-0.39, 0.29) is 24.1 Å². The molecule has 0 aliphatic carbocycles. The van der Waals surface area contributed by atoms with Crippen LogP contribution in [0.2, 0.25) is 0 Å². The summed E-state index contributed by atoms with van der Waals surface area (Å²) in [4.78, 5) is 18.4. The van der Waals surface area contributed by atoms with Crippen molar-refractivity contribution in [1.29, 1.82) is 0 Å². The third-order valence-corrected chi connectivity index (χ3v) is 3.90. The zero-order valence-corrected chi connectivity index (χ0v) is 11.7. The van der Waals surface area contributed by atoms with Crippen molar-refractivity contribution in [3.8, 4) is 0 Å². The average Bonchev–Trinajstić information content (AvgIpc) is 3.06. The molecule has 1 aromatic heterocycles. The van der Waals surface area contributed by atoms with Crippen molar-refractivity contribution in [3.05, 3.63) is 29.8 Å². The van der Waals surface area contributed by atoms with E-state index in [1.165, 1.54) is 12.1 Å². The van der Waals surface area contributed by atoms with Gasteiger partial charge in [-0.1, -0.05) is 0 Å².